The second kappa shape index (κ2) is 27.3. The van der Waals surface area contributed by atoms with E-state index in [9.17, 15) is 0 Å². The van der Waals surface area contributed by atoms with Gasteiger partial charge in [-0.05, 0) is 142 Å². The maximum atomic E-state index is 5.28. The first-order chi connectivity index (χ1) is 56.5. The monoisotopic (exact) mass is 1450 g/mol. The molecule has 0 radical (unpaired) electrons. The quantitative estimate of drug-likeness (QED) is 0.129. The Kier molecular flexibility index (Phi) is 15.7. The fraction of sp³-hybridized carbons (Fsp3) is 0. The first-order valence-electron chi connectivity index (χ1n) is 38.8. The maximum absolute atomic E-state index is 5.28. The van der Waals surface area contributed by atoms with Crippen LogP contribution in [-0.2, 0) is 0 Å². The van der Waals surface area contributed by atoms with Gasteiger partial charge in [-0.25, -0.2) is 19.9 Å². The van der Waals surface area contributed by atoms with Crippen LogP contribution in [-0.4, -0.2) is 38.2 Å². The van der Waals surface area contributed by atoms with Gasteiger partial charge in [0.15, 0.2) is 11.6 Å². The molecule has 0 fully saturated rings. The van der Waals surface area contributed by atoms with Crippen LogP contribution in [0.25, 0.3) is 210 Å². The Morgan fingerprint density at radius 2 is 0.561 bits per heavy atom. The van der Waals surface area contributed by atoms with E-state index >= 15 is 0 Å². The second-order valence-corrected chi connectivity index (χ2v) is 29.2. The summed E-state index contributed by atoms with van der Waals surface area (Å²) < 4.78 is 9.72. The maximum Gasteiger partial charge on any atom is 0.161 e. The van der Waals surface area contributed by atoms with Crippen LogP contribution in [0, 0.1) is 0 Å². The molecular formula is C106H68N8. The van der Waals surface area contributed by atoms with Gasteiger partial charge in [-0.1, -0.05) is 303 Å². The molecule has 8 heteroatoms. The van der Waals surface area contributed by atoms with Crippen LogP contribution in [0.15, 0.2) is 413 Å². The molecule has 23 aromatic rings. The van der Waals surface area contributed by atoms with Crippen molar-refractivity contribution in [1.29, 1.82) is 0 Å². The van der Waals surface area contributed by atoms with Gasteiger partial charge >= 0.3 is 0 Å². The van der Waals surface area contributed by atoms with E-state index in [2.05, 4.69) is 394 Å². The highest BCUT2D eigenvalue weighted by atomic mass is 15.0. The summed E-state index contributed by atoms with van der Waals surface area (Å²) >= 11 is 0. The topological polar surface area (TPSA) is 71.3 Å². The van der Waals surface area contributed by atoms with Gasteiger partial charge in [0.1, 0.15) is 0 Å². The Labute approximate surface area is 656 Å². The smallest absolute Gasteiger partial charge is 0.161 e. The molecule has 0 aliphatic carbocycles. The van der Waals surface area contributed by atoms with Crippen LogP contribution in [0.3, 0.4) is 0 Å². The number of para-hydroxylation sites is 5. The minimum atomic E-state index is 0.697. The van der Waals surface area contributed by atoms with Crippen LogP contribution < -0.4 is 0 Å². The van der Waals surface area contributed by atoms with Crippen LogP contribution in [0.1, 0.15) is 0 Å². The number of rotatable bonds is 11. The van der Waals surface area contributed by atoms with Crippen molar-refractivity contribution >= 4 is 109 Å². The largest absolute Gasteiger partial charge is 0.309 e. The lowest BCUT2D eigenvalue weighted by molar-refractivity contribution is 1.16. The zero-order valence-electron chi connectivity index (χ0n) is 61.8. The van der Waals surface area contributed by atoms with Gasteiger partial charge in [0.25, 0.3) is 0 Å². The van der Waals surface area contributed by atoms with Gasteiger partial charge in [-0.2, -0.15) is 0 Å². The van der Waals surface area contributed by atoms with Crippen LogP contribution in [0.2, 0.25) is 0 Å². The van der Waals surface area contributed by atoms with E-state index in [1.54, 1.807) is 0 Å². The lowest BCUT2D eigenvalue weighted by Gasteiger charge is -2.15. The number of hydrogen-bond donors (Lipinski definition) is 0. The van der Waals surface area contributed by atoms with Gasteiger partial charge < -0.3 is 18.3 Å². The Hall–Kier alpha value is -15.4. The standard InChI is InChI=1S/C56H36N4.C50H32N4/c1-4-15-37(16-5-1)41-21-14-22-44(34-41)60-51-25-12-10-23-46(51)47-31-32-53-54(55(47)60)48-24-11-13-26-52(48)59(53)45-30-29-38-27-28-42(33-43(38)35-45)50-36-49(39-17-6-2-7-18-39)57-56(58-50)40-19-8-3-9-20-40;1-4-16-33(17-5-1)42-32-43(34-18-6-2-7-19-34)52-50(51-42)41-31-37(30-35-20-10-11-23-38(35)41)54-45-27-15-13-25-40(45)49-47(54)29-28-46-48(49)39-24-12-14-26-44(39)53(46)36-21-8-3-9-22-36/h1-36H;1-32H. The van der Waals surface area contributed by atoms with E-state index in [1.807, 2.05) is 36.4 Å². The Morgan fingerprint density at radius 1 is 0.167 bits per heavy atom. The van der Waals surface area contributed by atoms with Crippen molar-refractivity contribution in [2.75, 3.05) is 0 Å². The van der Waals surface area contributed by atoms with Crippen molar-refractivity contribution in [3.63, 3.8) is 0 Å². The molecule has 0 saturated carbocycles. The van der Waals surface area contributed by atoms with Gasteiger partial charge in [0.05, 0.1) is 66.9 Å². The summed E-state index contributed by atoms with van der Waals surface area (Å²) in [6.07, 6.45) is 0. The molecule has 0 saturated heterocycles. The van der Waals surface area contributed by atoms with Crippen molar-refractivity contribution in [1.82, 2.24) is 38.2 Å². The van der Waals surface area contributed by atoms with Crippen LogP contribution >= 0.6 is 0 Å². The third kappa shape index (κ3) is 11.1. The number of nitrogens with zero attached hydrogens (tertiary/aromatic N) is 8. The Bertz CT molecular complexity index is 7580. The highest BCUT2D eigenvalue weighted by Gasteiger charge is 2.25. The van der Waals surface area contributed by atoms with E-state index in [4.69, 9.17) is 19.9 Å². The number of fused-ring (bicyclic) bond motifs is 16. The molecule has 0 amide bonds. The minimum Gasteiger partial charge on any atom is -0.309 e. The highest BCUT2D eigenvalue weighted by molar-refractivity contribution is 6.30. The zero-order valence-corrected chi connectivity index (χ0v) is 61.8. The number of aromatic nitrogens is 8. The summed E-state index contributed by atoms with van der Waals surface area (Å²) in [5.41, 5.74) is 26.1. The van der Waals surface area contributed by atoms with Gasteiger partial charge in [0.2, 0.25) is 0 Å². The van der Waals surface area contributed by atoms with E-state index in [-0.39, 0.29) is 0 Å². The van der Waals surface area contributed by atoms with Crippen molar-refractivity contribution in [2.24, 2.45) is 0 Å². The predicted octanol–water partition coefficient (Wildman–Crippen LogP) is 27.3. The molecule has 532 valence electrons. The van der Waals surface area contributed by atoms with E-state index in [0.717, 1.165) is 106 Å². The van der Waals surface area contributed by atoms with Crippen molar-refractivity contribution in [3.8, 4) is 102 Å². The lowest BCUT2D eigenvalue weighted by Crippen LogP contribution is -1.99. The number of benzene rings is 17. The molecule has 6 aromatic heterocycles. The van der Waals surface area contributed by atoms with Crippen molar-refractivity contribution in [2.45, 2.75) is 0 Å². The fourth-order valence-electron chi connectivity index (χ4n) is 17.5. The molecule has 6 heterocycles. The third-order valence-corrected chi connectivity index (χ3v) is 22.6. The van der Waals surface area contributed by atoms with E-state index in [0.29, 0.717) is 11.6 Å². The van der Waals surface area contributed by atoms with Gasteiger partial charge in [0, 0.05) is 99.2 Å². The highest BCUT2D eigenvalue weighted by Crippen LogP contribution is 2.47. The summed E-state index contributed by atoms with van der Waals surface area (Å²) in [6.45, 7) is 0. The molecule has 8 nitrogen and oxygen atoms in total. The average Bonchev–Trinajstić information content (AvgIpc) is 1.55. The molecule has 17 aromatic carbocycles. The molecule has 0 bridgehead atoms. The van der Waals surface area contributed by atoms with Crippen LogP contribution in [0.5, 0.6) is 0 Å². The molecule has 0 spiro atoms. The molecule has 23 rings (SSSR count). The molecular weight excluding hydrogens is 1390 g/mol. The van der Waals surface area contributed by atoms with Gasteiger partial charge in [-0.3, -0.25) is 0 Å². The molecule has 0 atom stereocenters. The molecule has 0 unspecified atom stereocenters. The fourth-order valence-corrected chi connectivity index (χ4v) is 17.5. The first-order valence-corrected chi connectivity index (χ1v) is 38.8. The van der Waals surface area contributed by atoms with Crippen molar-refractivity contribution < 1.29 is 0 Å². The van der Waals surface area contributed by atoms with Gasteiger partial charge in [-0.15, -0.1) is 0 Å². The van der Waals surface area contributed by atoms with E-state index < -0.39 is 0 Å². The molecule has 0 aliphatic heterocycles. The van der Waals surface area contributed by atoms with E-state index in [1.165, 1.54) is 92.7 Å². The summed E-state index contributed by atoms with van der Waals surface area (Å²) in [5, 5.41) is 14.5. The zero-order chi connectivity index (χ0) is 75.2. The minimum absolute atomic E-state index is 0.697. The summed E-state index contributed by atoms with van der Waals surface area (Å²) in [7, 11) is 0. The number of hydrogen-bond acceptors (Lipinski definition) is 4. The van der Waals surface area contributed by atoms with Crippen molar-refractivity contribution in [3.05, 3.63) is 413 Å². The summed E-state index contributed by atoms with van der Waals surface area (Å²) in [6, 6.07) is 147. The predicted molar refractivity (Wildman–Crippen MR) is 474 cm³/mol. The van der Waals surface area contributed by atoms with Crippen LogP contribution in [0.4, 0.5) is 0 Å². The Balaban J connectivity index is 0.000000140. The summed E-state index contributed by atoms with van der Waals surface area (Å²) in [5.74, 6) is 1.41. The SMILES string of the molecule is c1ccc(-c2cc(-c3ccccc3)nc(-c3cc(-n4c5ccccc5c5c6c7ccccc7n(-c7ccccc7)c6ccc54)cc4ccccc34)n2)cc1.c1ccc(-c2cccc(-n3c4ccccc4c4ccc5c(c6ccccc6n5-c5ccc6ccc(-c7cc(-c8ccccc8)nc(-c8ccccc8)n7)cc6c5)c43)c2)cc1. The molecule has 114 heavy (non-hydrogen) atoms. The second-order valence-electron chi connectivity index (χ2n) is 29.2. The first kappa shape index (κ1) is 65.7. The normalized spacial score (nSPS) is 11.7. The average molecular weight is 1450 g/mol. The Morgan fingerprint density at radius 3 is 1.14 bits per heavy atom. The molecule has 0 aliphatic rings. The summed E-state index contributed by atoms with van der Waals surface area (Å²) in [4.78, 5) is 20.7. The molecule has 0 N–H and O–H groups in total. The lowest BCUT2D eigenvalue weighted by atomic mass is 10.0. The third-order valence-electron chi connectivity index (χ3n) is 22.6.